The lowest BCUT2D eigenvalue weighted by atomic mass is 10.0. The first-order valence-electron chi connectivity index (χ1n) is 19.2. The van der Waals surface area contributed by atoms with Crippen molar-refractivity contribution in [3.8, 4) is 0 Å². The summed E-state index contributed by atoms with van der Waals surface area (Å²) in [5, 5.41) is 0. The van der Waals surface area contributed by atoms with Gasteiger partial charge in [0.05, 0.1) is 8.07 Å². The molecule has 0 saturated heterocycles. The minimum atomic E-state index is -1.07. The molecule has 0 aromatic carbocycles. The highest BCUT2D eigenvalue weighted by atomic mass is 28.3. The summed E-state index contributed by atoms with van der Waals surface area (Å²) in [7, 11) is -1.07. The van der Waals surface area contributed by atoms with E-state index in [1.165, 1.54) is 167 Å². The summed E-state index contributed by atoms with van der Waals surface area (Å²) in [4.78, 5) is 0. The zero-order valence-electron chi connectivity index (χ0n) is 28.5. The molecule has 0 aromatic rings. The zero-order chi connectivity index (χ0) is 28.5. The monoisotopic (exact) mass is 565 g/mol. The van der Waals surface area contributed by atoms with Gasteiger partial charge in [-0.3, -0.25) is 0 Å². The first-order chi connectivity index (χ1) is 19.2. The highest BCUT2D eigenvalue weighted by molar-refractivity contribution is 6.79. The van der Waals surface area contributed by atoms with Gasteiger partial charge in [0.25, 0.3) is 0 Å². The molecule has 0 rings (SSSR count). The Morgan fingerprint density at radius 1 is 0.205 bits per heavy atom. The van der Waals surface area contributed by atoms with E-state index in [1.807, 2.05) is 0 Å². The molecule has 0 atom stereocenters. The lowest BCUT2D eigenvalue weighted by molar-refractivity contribution is 0.531. The molecule has 0 radical (unpaired) electrons. The fourth-order valence-corrected chi connectivity index (χ4v) is 12.4. The van der Waals surface area contributed by atoms with Crippen LogP contribution in [0.1, 0.15) is 220 Å². The van der Waals surface area contributed by atoms with E-state index in [9.17, 15) is 0 Å². The predicted molar refractivity (Wildman–Crippen MR) is 186 cm³/mol. The molecule has 236 valence electrons. The fraction of sp³-hybridized carbons (Fsp3) is 1.00. The molecule has 0 aliphatic heterocycles. The summed E-state index contributed by atoms with van der Waals surface area (Å²) in [6, 6.07) is 6.70. The summed E-state index contributed by atoms with van der Waals surface area (Å²) in [6.45, 7) is 9.42. The lowest BCUT2D eigenvalue weighted by Crippen LogP contribution is -2.34. The minimum Gasteiger partial charge on any atom is -0.0654 e. The van der Waals surface area contributed by atoms with Gasteiger partial charge in [-0.25, -0.2) is 0 Å². The van der Waals surface area contributed by atoms with Crippen LogP contribution < -0.4 is 0 Å². The smallest absolute Gasteiger partial charge is 0.0535 e. The predicted octanol–water partition coefficient (Wildman–Crippen LogP) is 15.2. The number of rotatable bonds is 34. The van der Waals surface area contributed by atoms with Crippen LogP contribution >= 0.6 is 0 Å². The van der Waals surface area contributed by atoms with Gasteiger partial charge in [0.15, 0.2) is 0 Å². The van der Waals surface area contributed by atoms with E-state index < -0.39 is 8.07 Å². The lowest BCUT2D eigenvalue weighted by Gasteiger charge is -2.33. The van der Waals surface area contributed by atoms with Crippen LogP contribution in [0.15, 0.2) is 0 Å². The van der Waals surface area contributed by atoms with Crippen LogP contribution in [-0.2, 0) is 0 Å². The molecular formula is C38H80Si. The molecule has 0 saturated carbocycles. The minimum absolute atomic E-state index is 1.07. The maximum atomic E-state index is 2.38. The average Bonchev–Trinajstić information content (AvgIpc) is 2.95. The van der Waals surface area contributed by atoms with E-state index >= 15 is 0 Å². The maximum Gasteiger partial charge on any atom is 0.0535 e. The van der Waals surface area contributed by atoms with Crippen molar-refractivity contribution in [3.63, 3.8) is 0 Å². The van der Waals surface area contributed by atoms with Crippen LogP contribution in [0.2, 0.25) is 24.2 Å². The van der Waals surface area contributed by atoms with Crippen molar-refractivity contribution in [1.29, 1.82) is 0 Å². The van der Waals surface area contributed by atoms with Gasteiger partial charge in [0, 0.05) is 0 Å². The van der Waals surface area contributed by atoms with Crippen LogP contribution in [0.3, 0.4) is 0 Å². The van der Waals surface area contributed by atoms with Crippen molar-refractivity contribution < 1.29 is 0 Å². The molecule has 0 spiro atoms. The van der Waals surface area contributed by atoms with Gasteiger partial charge in [-0.2, -0.15) is 0 Å². The van der Waals surface area contributed by atoms with E-state index in [0.29, 0.717) is 0 Å². The second-order valence-corrected chi connectivity index (χ2v) is 18.7. The highest BCUT2D eigenvalue weighted by Gasteiger charge is 2.30. The van der Waals surface area contributed by atoms with Crippen LogP contribution in [0, 0.1) is 0 Å². The van der Waals surface area contributed by atoms with Gasteiger partial charge >= 0.3 is 0 Å². The summed E-state index contributed by atoms with van der Waals surface area (Å²) < 4.78 is 0. The molecule has 0 N–H and O–H groups in total. The summed E-state index contributed by atoms with van der Waals surface area (Å²) in [5.74, 6) is 0. The average molecular weight is 565 g/mol. The molecule has 0 aliphatic rings. The number of hydrogen-bond acceptors (Lipinski definition) is 0. The van der Waals surface area contributed by atoms with Gasteiger partial charge < -0.3 is 0 Å². The van der Waals surface area contributed by atoms with E-state index in [2.05, 4.69) is 27.7 Å². The van der Waals surface area contributed by atoms with E-state index in [4.69, 9.17) is 0 Å². The Balaban J connectivity index is 4.23. The van der Waals surface area contributed by atoms with Crippen molar-refractivity contribution in [2.75, 3.05) is 0 Å². The topological polar surface area (TPSA) is 0 Å². The molecule has 0 fully saturated rings. The quantitative estimate of drug-likeness (QED) is 0.0538. The van der Waals surface area contributed by atoms with E-state index in [1.54, 1.807) is 49.9 Å². The molecule has 0 bridgehead atoms. The van der Waals surface area contributed by atoms with Crippen molar-refractivity contribution in [2.45, 2.75) is 244 Å². The number of hydrogen-bond donors (Lipinski definition) is 0. The standard InChI is InChI=1S/C38H80Si/c1-5-9-13-17-19-20-21-22-23-24-25-26-27-28-30-34-38-39(35-31-15-11-7-3,36-32-16-12-8-4)37-33-29-18-14-10-6-2/h5-38H2,1-4H3. The Hall–Kier alpha value is 0.217. The van der Waals surface area contributed by atoms with Gasteiger partial charge in [-0.15, -0.1) is 0 Å². The van der Waals surface area contributed by atoms with Gasteiger partial charge in [-0.05, 0) is 0 Å². The summed E-state index contributed by atoms with van der Waals surface area (Å²) in [5.41, 5.74) is 0. The third kappa shape index (κ3) is 28.1. The Labute approximate surface area is 252 Å². The molecular weight excluding hydrogens is 485 g/mol. The van der Waals surface area contributed by atoms with Crippen molar-refractivity contribution >= 4 is 8.07 Å². The van der Waals surface area contributed by atoms with Crippen LogP contribution in [0.25, 0.3) is 0 Å². The van der Waals surface area contributed by atoms with E-state index in [0.717, 1.165) is 0 Å². The maximum absolute atomic E-state index is 2.38. The fourth-order valence-electron chi connectivity index (χ4n) is 6.93. The molecule has 0 amide bonds. The molecule has 0 nitrogen and oxygen atoms in total. The summed E-state index contributed by atoms with van der Waals surface area (Å²) in [6.07, 6.45) is 44.6. The largest absolute Gasteiger partial charge is 0.0654 e. The molecule has 39 heavy (non-hydrogen) atoms. The van der Waals surface area contributed by atoms with Crippen LogP contribution in [0.4, 0.5) is 0 Å². The molecule has 0 unspecified atom stereocenters. The van der Waals surface area contributed by atoms with Crippen molar-refractivity contribution in [3.05, 3.63) is 0 Å². The molecule has 0 aromatic heterocycles. The second-order valence-electron chi connectivity index (χ2n) is 13.7. The Morgan fingerprint density at radius 3 is 0.564 bits per heavy atom. The van der Waals surface area contributed by atoms with Crippen LogP contribution in [-0.4, -0.2) is 8.07 Å². The third-order valence-corrected chi connectivity index (χ3v) is 15.4. The molecule has 0 aliphatic carbocycles. The van der Waals surface area contributed by atoms with Gasteiger partial charge in [0.1, 0.15) is 0 Å². The second kappa shape index (κ2) is 32.7. The Kier molecular flexibility index (Phi) is 32.9. The van der Waals surface area contributed by atoms with Crippen molar-refractivity contribution in [2.24, 2.45) is 0 Å². The Morgan fingerprint density at radius 2 is 0.359 bits per heavy atom. The first kappa shape index (κ1) is 39.2. The Bertz CT molecular complexity index is 418. The SMILES string of the molecule is CCCCCCCCCCCCCCCCCC[Si](CCCCCC)(CCCCCC)CCCCCCCC. The normalized spacial score (nSPS) is 12.0. The van der Waals surface area contributed by atoms with Gasteiger partial charge in [-0.1, -0.05) is 244 Å². The molecule has 1 heteroatoms. The first-order valence-corrected chi connectivity index (χ1v) is 22.1. The molecule has 0 heterocycles. The third-order valence-electron chi connectivity index (χ3n) is 9.74. The highest BCUT2D eigenvalue weighted by Crippen LogP contribution is 2.35. The van der Waals surface area contributed by atoms with Crippen LogP contribution in [0.5, 0.6) is 0 Å². The zero-order valence-corrected chi connectivity index (χ0v) is 29.5. The van der Waals surface area contributed by atoms with Gasteiger partial charge in [0.2, 0.25) is 0 Å². The van der Waals surface area contributed by atoms with E-state index in [-0.39, 0.29) is 0 Å². The van der Waals surface area contributed by atoms with Crippen molar-refractivity contribution in [1.82, 2.24) is 0 Å². The number of unbranched alkanes of at least 4 members (excludes halogenated alkanes) is 26. The summed E-state index contributed by atoms with van der Waals surface area (Å²) >= 11 is 0.